The SMILES string of the molecule is CCC(C)(NC(=O)N(C)C1CCCCC1O)C(=O)O. The minimum Gasteiger partial charge on any atom is -0.480 e. The Morgan fingerprint density at radius 3 is 2.42 bits per heavy atom. The van der Waals surface area contributed by atoms with Gasteiger partial charge in [-0.2, -0.15) is 0 Å². The molecular weight excluding hydrogens is 248 g/mol. The van der Waals surface area contributed by atoms with Gasteiger partial charge in [0.15, 0.2) is 0 Å². The van der Waals surface area contributed by atoms with Crippen molar-refractivity contribution in [3.63, 3.8) is 0 Å². The number of hydrogen-bond donors (Lipinski definition) is 3. The van der Waals surface area contributed by atoms with Gasteiger partial charge in [-0.25, -0.2) is 9.59 Å². The molecule has 0 bridgehead atoms. The van der Waals surface area contributed by atoms with Crippen molar-refractivity contribution in [1.29, 1.82) is 0 Å². The van der Waals surface area contributed by atoms with Gasteiger partial charge in [0, 0.05) is 7.05 Å². The van der Waals surface area contributed by atoms with E-state index in [1.165, 1.54) is 11.8 Å². The number of nitrogens with one attached hydrogen (secondary N) is 1. The molecule has 1 fully saturated rings. The maximum absolute atomic E-state index is 12.1. The molecular formula is C13H24N2O4. The molecule has 1 rings (SSSR count). The number of nitrogens with zero attached hydrogens (tertiary/aromatic N) is 1. The zero-order chi connectivity index (χ0) is 14.6. The summed E-state index contributed by atoms with van der Waals surface area (Å²) in [5.74, 6) is -1.05. The number of aliphatic hydroxyl groups excluding tert-OH is 1. The van der Waals surface area contributed by atoms with Crippen LogP contribution in [0.5, 0.6) is 0 Å². The van der Waals surface area contributed by atoms with Crippen LogP contribution in [0.4, 0.5) is 4.79 Å². The summed E-state index contributed by atoms with van der Waals surface area (Å²) >= 11 is 0. The Bertz CT molecular complexity index is 348. The fraction of sp³-hybridized carbons (Fsp3) is 0.846. The second-order valence-corrected chi connectivity index (χ2v) is 5.45. The van der Waals surface area contributed by atoms with Crippen molar-refractivity contribution >= 4 is 12.0 Å². The zero-order valence-electron chi connectivity index (χ0n) is 11.8. The van der Waals surface area contributed by atoms with E-state index in [4.69, 9.17) is 5.11 Å². The van der Waals surface area contributed by atoms with Gasteiger partial charge >= 0.3 is 12.0 Å². The fourth-order valence-electron chi connectivity index (χ4n) is 2.31. The van der Waals surface area contributed by atoms with E-state index in [9.17, 15) is 14.7 Å². The van der Waals surface area contributed by atoms with Crippen LogP contribution in [0.1, 0.15) is 46.0 Å². The van der Waals surface area contributed by atoms with E-state index in [1.54, 1.807) is 14.0 Å². The minimum absolute atomic E-state index is 0.233. The number of carbonyl (C=O) groups excluding carboxylic acids is 1. The summed E-state index contributed by atoms with van der Waals surface area (Å²) in [6.07, 6.45) is 3.16. The van der Waals surface area contributed by atoms with Crippen LogP contribution in [0.2, 0.25) is 0 Å². The number of amides is 2. The molecule has 0 aliphatic heterocycles. The molecule has 1 aliphatic carbocycles. The Hall–Kier alpha value is -1.30. The van der Waals surface area contributed by atoms with Crippen molar-refractivity contribution in [3.05, 3.63) is 0 Å². The van der Waals surface area contributed by atoms with Gasteiger partial charge in [-0.3, -0.25) is 0 Å². The molecule has 19 heavy (non-hydrogen) atoms. The minimum atomic E-state index is -1.27. The van der Waals surface area contributed by atoms with Crippen LogP contribution in [-0.2, 0) is 4.79 Å². The molecule has 3 unspecified atom stereocenters. The topological polar surface area (TPSA) is 89.9 Å². The molecule has 1 saturated carbocycles. The Morgan fingerprint density at radius 2 is 1.95 bits per heavy atom. The molecule has 0 heterocycles. The zero-order valence-corrected chi connectivity index (χ0v) is 11.8. The summed E-state index contributed by atoms with van der Waals surface area (Å²) in [5.41, 5.74) is -1.27. The fourth-order valence-corrected chi connectivity index (χ4v) is 2.31. The van der Waals surface area contributed by atoms with E-state index in [0.717, 1.165) is 19.3 Å². The molecule has 0 aromatic carbocycles. The average molecular weight is 272 g/mol. The van der Waals surface area contributed by atoms with Crippen LogP contribution in [0.25, 0.3) is 0 Å². The standard InChI is InChI=1S/C13H24N2O4/c1-4-13(2,11(17)18)14-12(19)15(3)9-7-5-6-8-10(9)16/h9-10,16H,4-8H2,1-3H3,(H,14,19)(H,17,18). The number of likely N-dealkylation sites (N-methyl/N-ethyl adjacent to an activating group) is 1. The normalized spacial score (nSPS) is 26.3. The lowest BCUT2D eigenvalue weighted by Crippen LogP contribution is -2.58. The van der Waals surface area contributed by atoms with Crippen molar-refractivity contribution in [1.82, 2.24) is 10.2 Å². The molecule has 0 radical (unpaired) electrons. The molecule has 6 heteroatoms. The van der Waals surface area contributed by atoms with Crippen molar-refractivity contribution in [3.8, 4) is 0 Å². The third-order valence-electron chi connectivity index (χ3n) is 4.07. The van der Waals surface area contributed by atoms with Crippen molar-refractivity contribution < 1.29 is 19.8 Å². The van der Waals surface area contributed by atoms with E-state index < -0.39 is 23.6 Å². The predicted octanol–water partition coefficient (Wildman–Crippen LogP) is 1.18. The second kappa shape index (κ2) is 6.23. The first kappa shape index (κ1) is 15.8. The molecule has 2 amide bonds. The van der Waals surface area contributed by atoms with E-state index >= 15 is 0 Å². The van der Waals surface area contributed by atoms with E-state index in [2.05, 4.69) is 5.32 Å². The molecule has 110 valence electrons. The summed E-state index contributed by atoms with van der Waals surface area (Å²) in [5, 5.41) is 21.6. The third kappa shape index (κ3) is 3.59. The predicted molar refractivity (Wildman–Crippen MR) is 70.9 cm³/mol. The highest BCUT2D eigenvalue weighted by molar-refractivity contribution is 5.85. The van der Waals surface area contributed by atoms with Gasteiger partial charge in [-0.15, -0.1) is 0 Å². The van der Waals surface area contributed by atoms with E-state index in [1.807, 2.05) is 0 Å². The first-order chi connectivity index (χ1) is 8.81. The van der Waals surface area contributed by atoms with Gasteiger partial charge in [0.05, 0.1) is 12.1 Å². The van der Waals surface area contributed by atoms with E-state index in [-0.39, 0.29) is 6.04 Å². The second-order valence-electron chi connectivity index (χ2n) is 5.45. The molecule has 6 nitrogen and oxygen atoms in total. The Labute approximate surface area is 113 Å². The molecule has 3 atom stereocenters. The number of rotatable bonds is 4. The van der Waals surface area contributed by atoms with Crippen molar-refractivity contribution in [2.24, 2.45) is 0 Å². The monoisotopic (exact) mass is 272 g/mol. The van der Waals surface area contributed by atoms with Gasteiger partial charge in [-0.1, -0.05) is 19.8 Å². The number of carbonyl (C=O) groups is 2. The van der Waals surface area contributed by atoms with Crippen LogP contribution < -0.4 is 5.32 Å². The Morgan fingerprint density at radius 1 is 1.37 bits per heavy atom. The molecule has 0 aromatic rings. The number of aliphatic carboxylic acids is 1. The number of hydrogen-bond acceptors (Lipinski definition) is 3. The van der Waals surface area contributed by atoms with Crippen LogP contribution in [0, 0.1) is 0 Å². The molecule has 0 saturated heterocycles. The lowest BCUT2D eigenvalue weighted by molar-refractivity contribution is -0.143. The first-order valence-corrected chi connectivity index (χ1v) is 6.78. The maximum atomic E-state index is 12.1. The highest BCUT2D eigenvalue weighted by Crippen LogP contribution is 2.23. The van der Waals surface area contributed by atoms with Gasteiger partial charge < -0.3 is 20.4 Å². The van der Waals surface area contributed by atoms with Gasteiger partial charge in [0.25, 0.3) is 0 Å². The number of carboxylic acids is 1. The summed E-state index contributed by atoms with van der Waals surface area (Å²) in [4.78, 5) is 24.7. The summed E-state index contributed by atoms with van der Waals surface area (Å²) in [7, 11) is 1.60. The largest absolute Gasteiger partial charge is 0.480 e. The molecule has 1 aliphatic rings. The highest BCUT2D eigenvalue weighted by Gasteiger charge is 2.36. The van der Waals surface area contributed by atoms with Crippen LogP contribution in [-0.4, -0.2) is 51.8 Å². The average Bonchev–Trinajstić information content (AvgIpc) is 2.38. The van der Waals surface area contributed by atoms with Crippen molar-refractivity contribution in [2.75, 3.05) is 7.05 Å². The van der Waals surface area contributed by atoms with Crippen LogP contribution in [0.3, 0.4) is 0 Å². The third-order valence-corrected chi connectivity index (χ3v) is 4.07. The number of carboxylic acid groups (broad SMARTS) is 1. The summed E-state index contributed by atoms with van der Waals surface area (Å²) < 4.78 is 0. The number of aliphatic hydroxyl groups is 1. The lowest BCUT2D eigenvalue weighted by Gasteiger charge is -2.37. The number of urea groups is 1. The maximum Gasteiger partial charge on any atom is 0.329 e. The van der Waals surface area contributed by atoms with Gasteiger partial charge in [0.1, 0.15) is 5.54 Å². The molecule has 3 N–H and O–H groups in total. The van der Waals surface area contributed by atoms with Crippen molar-refractivity contribution in [2.45, 2.75) is 63.6 Å². The smallest absolute Gasteiger partial charge is 0.329 e. The van der Waals surface area contributed by atoms with Gasteiger partial charge in [0.2, 0.25) is 0 Å². The Balaban J connectivity index is 2.69. The van der Waals surface area contributed by atoms with Crippen LogP contribution in [0.15, 0.2) is 0 Å². The first-order valence-electron chi connectivity index (χ1n) is 6.78. The highest BCUT2D eigenvalue weighted by atomic mass is 16.4. The quantitative estimate of drug-likeness (QED) is 0.717. The summed E-state index contributed by atoms with van der Waals surface area (Å²) in [6.45, 7) is 3.20. The van der Waals surface area contributed by atoms with E-state index in [0.29, 0.717) is 12.8 Å². The molecule has 0 spiro atoms. The molecule has 0 aromatic heterocycles. The Kier molecular flexibility index (Phi) is 5.17. The summed E-state index contributed by atoms with van der Waals surface area (Å²) in [6, 6.07) is -0.679. The van der Waals surface area contributed by atoms with Gasteiger partial charge in [-0.05, 0) is 26.2 Å². The lowest BCUT2D eigenvalue weighted by atomic mass is 9.91. The van der Waals surface area contributed by atoms with Crippen LogP contribution >= 0.6 is 0 Å².